The first kappa shape index (κ1) is 14.5. The molecule has 1 fully saturated rings. The number of aryl methyl sites for hydroxylation is 1. The zero-order chi connectivity index (χ0) is 13.7. The zero-order valence-corrected chi connectivity index (χ0v) is 12.1. The van der Waals surface area contributed by atoms with Gasteiger partial charge < -0.3 is 10.2 Å². The van der Waals surface area contributed by atoms with Crippen molar-refractivity contribution in [1.82, 2.24) is 10.2 Å². The molecule has 1 N–H and O–H groups in total. The Kier molecular flexibility index (Phi) is 5.34. The minimum Gasteiger partial charge on any atom is -0.310 e. The minimum absolute atomic E-state index is 0.139. The van der Waals surface area contributed by atoms with Crippen LogP contribution < -0.4 is 5.32 Å². The van der Waals surface area contributed by atoms with Gasteiger partial charge in [0.25, 0.3) is 0 Å². The van der Waals surface area contributed by atoms with Gasteiger partial charge in [0.05, 0.1) is 0 Å². The van der Waals surface area contributed by atoms with Crippen LogP contribution in [0.4, 0.5) is 4.39 Å². The Morgan fingerprint density at radius 3 is 2.74 bits per heavy atom. The maximum absolute atomic E-state index is 13.2. The molecule has 3 heteroatoms. The average Bonchev–Trinajstić information content (AvgIpc) is 2.42. The third kappa shape index (κ3) is 4.29. The molecule has 1 aliphatic rings. The van der Waals surface area contributed by atoms with E-state index in [0.717, 1.165) is 17.7 Å². The number of hydrogen-bond acceptors (Lipinski definition) is 2. The summed E-state index contributed by atoms with van der Waals surface area (Å²) in [7, 11) is 0. The van der Waals surface area contributed by atoms with Gasteiger partial charge in [-0.25, -0.2) is 4.39 Å². The van der Waals surface area contributed by atoms with Gasteiger partial charge in [0.2, 0.25) is 0 Å². The first-order valence-electron chi connectivity index (χ1n) is 7.40. The van der Waals surface area contributed by atoms with E-state index in [0.29, 0.717) is 6.04 Å². The van der Waals surface area contributed by atoms with Gasteiger partial charge in [0.1, 0.15) is 5.82 Å². The Labute approximate surface area is 116 Å². The molecule has 1 heterocycles. The van der Waals surface area contributed by atoms with E-state index < -0.39 is 0 Å². The molecule has 0 atom stereocenters. The van der Waals surface area contributed by atoms with Crippen molar-refractivity contribution in [2.24, 2.45) is 0 Å². The molecule has 0 bridgehead atoms. The molecule has 0 spiro atoms. The predicted molar refractivity (Wildman–Crippen MR) is 77.7 cm³/mol. The van der Waals surface area contributed by atoms with Gasteiger partial charge in [0, 0.05) is 12.6 Å². The molecule has 0 amide bonds. The number of rotatable bonds is 5. The molecule has 0 saturated carbocycles. The maximum Gasteiger partial charge on any atom is 0.123 e. The van der Waals surface area contributed by atoms with Gasteiger partial charge in [-0.1, -0.05) is 13.0 Å². The van der Waals surface area contributed by atoms with Gasteiger partial charge in [-0.05, 0) is 69.1 Å². The quantitative estimate of drug-likeness (QED) is 0.879. The monoisotopic (exact) mass is 264 g/mol. The van der Waals surface area contributed by atoms with E-state index in [4.69, 9.17) is 0 Å². The summed E-state index contributed by atoms with van der Waals surface area (Å²) in [6.45, 7) is 8.65. The van der Waals surface area contributed by atoms with Crippen LogP contribution in [0.15, 0.2) is 18.2 Å². The Hall–Kier alpha value is -0.930. The zero-order valence-electron chi connectivity index (χ0n) is 12.1. The van der Waals surface area contributed by atoms with E-state index in [1.54, 1.807) is 6.07 Å². The lowest BCUT2D eigenvalue weighted by Crippen LogP contribution is -2.42. The topological polar surface area (TPSA) is 15.3 Å². The average molecular weight is 264 g/mol. The fourth-order valence-corrected chi connectivity index (χ4v) is 2.76. The lowest BCUT2D eigenvalue weighted by atomic mass is 10.0. The van der Waals surface area contributed by atoms with Crippen molar-refractivity contribution in [3.8, 4) is 0 Å². The maximum atomic E-state index is 13.2. The summed E-state index contributed by atoms with van der Waals surface area (Å²) in [6, 6.07) is 5.61. The Balaban J connectivity index is 1.79. The van der Waals surface area contributed by atoms with Crippen LogP contribution in [-0.4, -0.2) is 30.6 Å². The number of hydrogen-bond donors (Lipinski definition) is 1. The summed E-state index contributed by atoms with van der Waals surface area (Å²) in [6.07, 6.45) is 3.64. The standard InChI is InChI=1S/C16H25FN2/c1-3-8-19-9-6-16(7-10-19)18-12-14-11-15(17)5-4-13(14)2/h4-5,11,16,18H,3,6-10,12H2,1-2H3. The van der Waals surface area contributed by atoms with E-state index in [1.807, 2.05) is 13.0 Å². The lowest BCUT2D eigenvalue weighted by molar-refractivity contribution is 0.197. The summed E-state index contributed by atoms with van der Waals surface area (Å²) >= 11 is 0. The van der Waals surface area contributed by atoms with E-state index in [9.17, 15) is 4.39 Å². The summed E-state index contributed by atoms with van der Waals surface area (Å²) in [5.74, 6) is -0.139. The molecular weight excluding hydrogens is 239 g/mol. The smallest absolute Gasteiger partial charge is 0.123 e. The van der Waals surface area contributed by atoms with Crippen LogP contribution in [0.5, 0.6) is 0 Å². The van der Waals surface area contributed by atoms with Crippen LogP contribution in [0.3, 0.4) is 0 Å². The summed E-state index contributed by atoms with van der Waals surface area (Å²) in [4.78, 5) is 2.53. The van der Waals surface area contributed by atoms with Crippen LogP contribution in [0, 0.1) is 12.7 Å². The first-order valence-corrected chi connectivity index (χ1v) is 7.40. The van der Waals surface area contributed by atoms with Crippen molar-refractivity contribution in [3.05, 3.63) is 35.1 Å². The van der Waals surface area contributed by atoms with Crippen molar-refractivity contribution in [1.29, 1.82) is 0 Å². The number of benzene rings is 1. The van der Waals surface area contributed by atoms with E-state index in [1.165, 1.54) is 45.0 Å². The normalized spacial score (nSPS) is 17.8. The fourth-order valence-electron chi connectivity index (χ4n) is 2.76. The second-order valence-electron chi connectivity index (χ2n) is 5.57. The number of nitrogens with one attached hydrogen (secondary N) is 1. The molecule has 0 aliphatic carbocycles. The molecule has 0 radical (unpaired) electrons. The van der Waals surface area contributed by atoms with Gasteiger partial charge in [0.15, 0.2) is 0 Å². The first-order chi connectivity index (χ1) is 9.19. The molecule has 2 rings (SSSR count). The van der Waals surface area contributed by atoms with Crippen molar-refractivity contribution in [2.75, 3.05) is 19.6 Å². The molecule has 0 aromatic heterocycles. The summed E-state index contributed by atoms with van der Waals surface area (Å²) in [5, 5.41) is 3.58. The highest BCUT2D eigenvalue weighted by Gasteiger charge is 2.18. The molecule has 106 valence electrons. The van der Waals surface area contributed by atoms with Crippen molar-refractivity contribution in [3.63, 3.8) is 0 Å². The molecule has 1 saturated heterocycles. The SMILES string of the molecule is CCCN1CCC(NCc2cc(F)ccc2C)CC1. The molecule has 1 aromatic rings. The molecule has 0 unspecified atom stereocenters. The molecule has 1 aromatic carbocycles. The van der Waals surface area contributed by atoms with Crippen LogP contribution in [-0.2, 0) is 6.54 Å². The fraction of sp³-hybridized carbons (Fsp3) is 0.625. The lowest BCUT2D eigenvalue weighted by Gasteiger charge is -2.32. The number of nitrogens with zero attached hydrogens (tertiary/aromatic N) is 1. The number of likely N-dealkylation sites (tertiary alicyclic amines) is 1. The van der Waals surface area contributed by atoms with Crippen LogP contribution in [0.1, 0.15) is 37.3 Å². The van der Waals surface area contributed by atoms with Gasteiger partial charge >= 0.3 is 0 Å². The third-order valence-electron chi connectivity index (χ3n) is 4.02. The highest BCUT2D eigenvalue weighted by atomic mass is 19.1. The van der Waals surface area contributed by atoms with Crippen LogP contribution >= 0.6 is 0 Å². The molecule has 1 aliphatic heterocycles. The Bertz CT molecular complexity index is 398. The largest absolute Gasteiger partial charge is 0.310 e. The number of piperidine rings is 1. The van der Waals surface area contributed by atoms with Crippen LogP contribution in [0.25, 0.3) is 0 Å². The van der Waals surface area contributed by atoms with E-state index in [2.05, 4.69) is 17.1 Å². The minimum atomic E-state index is -0.139. The Morgan fingerprint density at radius 1 is 1.32 bits per heavy atom. The second-order valence-corrected chi connectivity index (χ2v) is 5.57. The van der Waals surface area contributed by atoms with Crippen molar-refractivity contribution >= 4 is 0 Å². The van der Waals surface area contributed by atoms with Gasteiger partial charge in [-0.3, -0.25) is 0 Å². The summed E-state index contributed by atoms with van der Waals surface area (Å²) < 4.78 is 13.2. The van der Waals surface area contributed by atoms with Gasteiger partial charge in [-0.2, -0.15) is 0 Å². The van der Waals surface area contributed by atoms with Crippen LogP contribution in [0.2, 0.25) is 0 Å². The highest BCUT2D eigenvalue weighted by Crippen LogP contribution is 2.14. The van der Waals surface area contributed by atoms with E-state index in [-0.39, 0.29) is 5.82 Å². The third-order valence-corrected chi connectivity index (χ3v) is 4.02. The second kappa shape index (κ2) is 7.01. The van der Waals surface area contributed by atoms with Crippen molar-refractivity contribution in [2.45, 2.75) is 45.7 Å². The summed E-state index contributed by atoms with van der Waals surface area (Å²) in [5.41, 5.74) is 2.24. The highest BCUT2D eigenvalue weighted by molar-refractivity contribution is 5.26. The molecule has 19 heavy (non-hydrogen) atoms. The predicted octanol–water partition coefficient (Wildman–Crippen LogP) is 3.10. The number of halogens is 1. The Morgan fingerprint density at radius 2 is 2.05 bits per heavy atom. The van der Waals surface area contributed by atoms with Crippen molar-refractivity contribution < 1.29 is 4.39 Å². The van der Waals surface area contributed by atoms with E-state index >= 15 is 0 Å². The molecule has 2 nitrogen and oxygen atoms in total. The molecular formula is C16H25FN2. The van der Waals surface area contributed by atoms with Gasteiger partial charge in [-0.15, -0.1) is 0 Å².